The number of rotatable bonds is 12. The molecule has 2 aromatic rings. The van der Waals surface area contributed by atoms with Gasteiger partial charge >= 0.3 is 0 Å². The van der Waals surface area contributed by atoms with Crippen LogP contribution in [-0.2, 0) is 11.3 Å². The summed E-state index contributed by atoms with van der Waals surface area (Å²) in [5.41, 5.74) is 4.17. The summed E-state index contributed by atoms with van der Waals surface area (Å²) in [4.78, 5) is 12.6. The van der Waals surface area contributed by atoms with Gasteiger partial charge in [0, 0.05) is 25.0 Å². The maximum atomic E-state index is 12.6. The first-order valence-corrected chi connectivity index (χ1v) is 11.1. The minimum absolute atomic E-state index is 0.0445. The predicted molar refractivity (Wildman–Crippen MR) is 126 cm³/mol. The molecular weight excluding hydrogens is 388 g/mol. The van der Waals surface area contributed by atoms with Crippen molar-refractivity contribution in [2.75, 3.05) is 19.7 Å². The Morgan fingerprint density at radius 2 is 1.81 bits per heavy atom. The molecule has 0 spiro atoms. The lowest BCUT2D eigenvalue weighted by Crippen LogP contribution is -2.43. The lowest BCUT2D eigenvalue weighted by Gasteiger charge is -2.24. The van der Waals surface area contributed by atoms with E-state index in [1.54, 1.807) is 0 Å². The van der Waals surface area contributed by atoms with Crippen molar-refractivity contribution in [2.24, 2.45) is 5.41 Å². The third kappa shape index (κ3) is 8.72. The maximum absolute atomic E-state index is 12.6. The Morgan fingerprint density at radius 3 is 2.55 bits per heavy atom. The van der Waals surface area contributed by atoms with E-state index in [0.717, 1.165) is 17.7 Å². The molecule has 0 fully saturated rings. The molecule has 5 nitrogen and oxygen atoms in total. The summed E-state index contributed by atoms with van der Waals surface area (Å²) >= 11 is 0. The molecule has 0 saturated heterocycles. The van der Waals surface area contributed by atoms with E-state index in [1.807, 2.05) is 39.8 Å². The molecule has 0 heterocycles. The minimum atomic E-state index is -0.628. The molecule has 170 valence electrons. The van der Waals surface area contributed by atoms with Gasteiger partial charge in [0.25, 0.3) is 0 Å². The van der Waals surface area contributed by atoms with Gasteiger partial charge in [-0.05, 0) is 56.4 Å². The van der Waals surface area contributed by atoms with Crippen LogP contribution >= 0.6 is 0 Å². The number of aryl methyl sites for hydroxylation is 3. The van der Waals surface area contributed by atoms with Crippen LogP contribution in [0.25, 0.3) is 0 Å². The number of ether oxygens (including phenoxy) is 1. The minimum Gasteiger partial charge on any atom is -0.493 e. The summed E-state index contributed by atoms with van der Waals surface area (Å²) in [6.07, 6.45) is 0.872. The van der Waals surface area contributed by atoms with E-state index in [4.69, 9.17) is 4.74 Å². The van der Waals surface area contributed by atoms with Crippen LogP contribution < -0.4 is 15.4 Å². The molecule has 0 saturated carbocycles. The number of amides is 1. The molecule has 3 N–H and O–H groups in total. The quantitative estimate of drug-likeness (QED) is 0.448. The summed E-state index contributed by atoms with van der Waals surface area (Å²) in [5, 5.41) is 16.3. The molecule has 2 aromatic carbocycles. The molecule has 5 heteroatoms. The first-order valence-electron chi connectivity index (χ1n) is 11.1. The molecule has 1 amide bonds. The fourth-order valence-corrected chi connectivity index (χ4v) is 3.40. The van der Waals surface area contributed by atoms with Crippen molar-refractivity contribution >= 4 is 5.91 Å². The van der Waals surface area contributed by atoms with E-state index in [0.29, 0.717) is 26.1 Å². The summed E-state index contributed by atoms with van der Waals surface area (Å²) in [7, 11) is 0. The van der Waals surface area contributed by atoms with Gasteiger partial charge < -0.3 is 20.5 Å². The van der Waals surface area contributed by atoms with Crippen LogP contribution in [-0.4, -0.2) is 36.8 Å². The van der Waals surface area contributed by atoms with Crippen molar-refractivity contribution in [1.82, 2.24) is 10.6 Å². The number of carbonyl (C=O) groups is 1. The van der Waals surface area contributed by atoms with E-state index in [-0.39, 0.29) is 12.5 Å². The van der Waals surface area contributed by atoms with E-state index in [1.165, 1.54) is 16.7 Å². The second kappa shape index (κ2) is 11.9. The SMILES string of the molecule is Cc1cccc(CNCC(O)CNC(=O)C(C)(C)CCCOc2cc(C)ccc2C)c1. The average Bonchev–Trinajstić information content (AvgIpc) is 2.72. The number of aliphatic hydroxyl groups is 1. The van der Waals surface area contributed by atoms with E-state index in [2.05, 4.69) is 47.9 Å². The summed E-state index contributed by atoms with van der Waals surface area (Å²) in [6, 6.07) is 14.4. The van der Waals surface area contributed by atoms with Crippen LogP contribution in [0, 0.1) is 26.2 Å². The lowest BCUT2D eigenvalue weighted by atomic mass is 9.87. The van der Waals surface area contributed by atoms with Gasteiger partial charge in [-0.1, -0.05) is 55.8 Å². The molecule has 0 aliphatic rings. The Morgan fingerprint density at radius 1 is 1.06 bits per heavy atom. The first kappa shape index (κ1) is 24.9. The van der Waals surface area contributed by atoms with Crippen molar-refractivity contribution in [2.45, 2.75) is 60.1 Å². The van der Waals surface area contributed by atoms with Gasteiger partial charge in [-0.25, -0.2) is 0 Å². The fourth-order valence-electron chi connectivity index (χ4n) is 3.40. The zero-order valence-electron chi connectivity index (χ0n) is 19.6. The zero-order chi connectivity index (χ0) is 22.9. The Kier molecular flexibility index (Phi) is 9.53. The first-order chi connectivity index (χ1) is 14.7. The van der Waals surface area contributed by atoms with Crippen LogP contribution in [0.5, 0.6) is 5.75 Å². The number of hydrogen-bond acceptors (Lipinski definition) is 4. The van der Waals surface area contributed by atoms with Gasteiger partial charge in [-0.2, -0.15) is 0 Å². The van der Waals surface area contributed by atoms with E-state index in [9.17, 15) is 9.90 Å². The number of aliphatic hydroxyl groups excluding tert-OH is 1. The van der Waals surface area contributed by atoms with Gasteiger partial charge in [-0.15, -0.1) is 0 Å². The highest BCUT2D eigenvalue weighted by atomic mass is 16.5. The topological polar surface area (TPSA) is 70.6 Å². The maximum Gasteiger partial charge on any atom is 0.225 e. The lowest BCUT2D eigenvalue weighted by molar-refractivity contribution is -0.130. The Balaban J connectivity index is 1.65. The summed E-state index contributed by atoms with van der Waals surface area (Å²) < 4.78 is 5.90. The van der Waals surface area contributed by atoms with Crippen molar-refractivity contribution in [3.63, 3.8) is 0 Å². The third-order valence-corrected chi connectivity index (χ3v) is 5.45. The normalized spacial score (nSPS) is 12.5. The molecule has 0 radical (unpaired) electrons. The van der Waals surface area contributed by atoms with E-state index < -0.39 is 11.5 Å². The van der Waals surface area contributed by atoms with Gasteiger partial charge in [-0.3, -0.25) is 4.79 Å². The molecule has 0 aromatic heterocycles. The third-order valence-electron chi connectivity index (χ3n) is 5.45. The second-order valence-corrected chi connectivity index (χ2v) is 9.09. The average molecular weight is 427 g/mol. The molecule has 0 aliphatic heterocycles. The van der Waals surface area contributed by atoms with Crippen molar-refractivity contribution in [3.05, 3.63) is 64.7 Å². The van der Waals surface area contributed by atoms with Crippen molar-refractivity contribution in [1.29, 1.82) is 0 Å². The highest BCUT2D eigenvalue weighted by molar-refractivity contribution is 5.81. The highest BCUT2D eigenvalue weighted by Crippen LogP contribution is 2.24. The predicted octanol–water partition coefficient (Wildman–Crippen LogP) is 4.06. The van der Waals surface area contributed by atoms with Crippen molar-refractivity contribution < 1.29 is 14.6 Å². The van der Waals surface area contributed by atoms with E-state index >= 15 is 0 Å². The number of nitrogens with one attached hydrogen (secondary N) is 2. The molecule has 1 atom stereocenters. The zero-order valence-corrected chi connectivity index (χ0v) is 19.6. The number of benzene rings is 2. The second-order valence-electron chi connectivity index (χ2n) is 9.09. The molecule has 0 bridgehead atoms. The van der Waals surface area contributed by atoms with Gasteiger partial charge in [0.1, 0.15) is 5.75 Å². The number of hydrogen-bond donors (Lipinski definition) is 3. The fraction of sp³-hybridized carbons (Fsp3) is 0.500. The largest absolute Gasteiger partial charge is 0.493 e. The van der Waals surface area contributed by atoms with Crippen LogP contribution in [0.15, 0.2) is 42.5 Å². The van der Waals surface area contributed by atoms with Crippen LogP contribution in [0.1, 0.15) is 48.9 Å². The van der Waals surface area contributed by atoms with Gasteiger partial charge in [0.15, 0.2) is 0 Å². The summed E-state index contributed by atoms with van der Waals surface area (Å²) in [6.45, 7) is 11.9. The van der Waals surface area contributed by atoms with Crippen LogP contribution in [0.2, 0.25) is 0 Å². The summed E-state index contributed by atoms with van der Waals surface area (Å²) in [5.74, 6) is 0.862. The van der Waals surface area contributed by atoms with Gasteiger partial charge in [0.2, 0.25) is 5.91 Å². The molecular formula is C26H38N2O3. The smallest absolute Gasteiger partial charge is 0.225 e. The standard InChI is InChI=1S/C26H38N2O3/c1-19-8-6-9-22(14-19)16-27-17-23(29)18-28-25(30)26(4,5)12-7-13-31-24-15-20(2)10-11-21(24)3/h6,8-11,14-15,23,27,29H,7,12-13,16-18H2,1-5H3,(H,28,30). The molecule has 31 heavy (non-hydrogen) atoms. The van der Waals surface area contributed by atoms with Crippen LogP contribution in [0.3, 0.4) is 0 Å². The molecule has 0 aliphatic carbocycles. The van der Waals surface area contributed by atoms with Gasteiger partial charge in [0.05, 0.1) is 12.7 Å². The van der Waals surface area contributed by atoms with Crippen LogP contribution in [0.4, 0.5) is 0 Å². The Bertz CT molecular complexity index is 848. The molecule has 1 unspecified atom stereocenters. The Labute approximate surface area is 187 Å². The Hall–Kier alpha value is -2.37. The van der Waals surface area contributed by atoms with Crippen molar-refractivity contribution in [3.8, 4) is 5.75 Å². The molecule has 2 rings (SSSR count). The highest BCUT2D eigenvalue weighted by Gasteiger charge is 2.27. The monoisotopic (exact) mass is 426 g/mol. The number of carbonyl (C=O) groups excluding carboxylic acids is 1.